The molecular weight excluding hydrogens is 392 g/mol. The van der Waals surface area contributed by atoms with Crippen molar-refractivity contribution in [1.29, 1.82) is 0 Å². The molecule has 1 aliphatic rings. The minimum atomic E-state index is -0.230. The summed E-state index contributed by atoms with van der Waals surface area (Å²) in [6.07, 6.45) is 0. The Morgan fingerprint density at radius 2 is 2.10 bits per heavy atom. The van der Waals surface area contributed by atoms with E-state index in [2.05, 4.69) is 42.5 Å². The van der Waals surface area contributed by atoms with Crippen LogP contribution in [0.3, 0.4) is 0 Å². The molecule has 1 saturated heterocycles. The van der Waals surface area contributed by atoms with Gasteiger partial charge in [-0.1, -0.05) is 0 Å². The maximum Gasteiger partial charge on any atom is 0.250 e. The molecule has 0 bridgehead atoms. The van der Waals surface area contributed by atoms with Crippen LogP contribution >= 0.6 is 31.9 Å². The fourth-order valence-electron chi connectivity index (χ4n) is 1.79. The maximum absolute atomic E-state index is 11.9. The molecule has 110 valence electrons. The lowest BCUT2D eigenvalue weighted by molar-refractivity contribution is -0.130. The van der Waals surface area contributed by atoms with E-state index >= 15 is 0 Å². The van der Waals surface area contributed by atoms with Crippen LogP contribution in [0.4, 0.5) is 5.69 Å². The average Bonchev–Trinajstić information content (AvgIpc) is 2.37. The van der Waals surface area contributed by atoms with E-state index in [1.807, 2.05) is 13.0 Å². The molecule has 1 aromatic rings. The number of rotatable bonds is 5. The number of nitrogens with one attached hydrogen (secondary N) is 2. The lowest BCUT2D eigenvalue weighted by Gasteiger charge is -2.38. The fourth-order valence-corrected chi connectivity index (χ4v) is 3.04. The van der Waals surface area contributed by atoms with Gasteiger partial charge in [-0.05, 0) is 44.8 Å². The van der Waals surface area contributed by atoms with Gasteiger partial charge in [-0.25, -0.2) is 0 Å². The predicted molar refractivity (Wildman–Crippen MR) is 84.3 cm³/mol. The minimum absolute atomic E-state index is 0.0308. The third-order valence-corrected chi connectivity index (χ3v) is 4.34. The summed E-state index contributed by atoms with van der Waals surface area (Å²) in [5.74, 6) is 0.461. The van der Waals surface area contributed by atoms with Crippen LogP contribution in [0.5, 0.6) is 5.75 Å². The Hall–Kier alpha value is -0.630. The molecule has 0 atom stereocenters. The van der Waals surface area contributed by atoms with E-state index in [4.69, 9.17) is 9.47 Å². The Labute approximate surface area is 134 Å². The van der Waals surface area contributed by atoms with Crippen LogP contribution < -0.4 is 15.4 Å². The highest BCUT2D eigenvalue weighted by molar-refractivity contribution is 9.11. The first-order valence-electron chi connectivity index (χ1n) is 6.11. The third-order valence-electron chi connectivity index (χ3n) is 3.07. The van der Waals surface area contributed by atoms with Crippen molar-refractivity contribution in [3.63, 3.8) is 0 Å². The lowest BCUT2D eigenvalue weighted by Crippen LogP contribution is -2.59. The van der Waals surface area contributed by atoms with Crippen LogP contribution in [0.15, 0.2) is 21.1 Å². The van der Waals surface area contributed by atoms with E-state index in [1.165, 1.54) is 0 Å². The van der Waals surface area contributed by atoms with Crippen LogP contribution in [-0.4, -0.2) is 38.3 Å². The molecule has 1 aliphatic heterocycles. The van der Waals surface area contributed by atoms with Crippen molar-refractivity contribution < 1.29 is 14.3 Å². The molecule has 2 rings (SSSR count). The monoisotopic (exact) mass is 406 g/mol. The number of halogens is 2. The highest BCUT2D eigenvalue weighted by Crippen LogP contribution is 2.34. The molecule has 5 nitrogen and oxygen atoms in total. The number of amides is 1. The molecular formula is C13H16Br2N2O3. The van der Waals surface area contributed by atoms with Crippen molar-refractivity contribution in [3.05, 3.63) is 21.1 Å². The van der Waals surface area contributed by atoms with Crippen LogP contribution in [0, 0.1) is 0 Å². The summed E-state index contributed by atoms with van der Waals surface area (Å²) in [7, 11) is 1.58. The molecule has 1 amide bonds. The molecule has 0 unspecified atom stereocenters. The van der Waals surface area contributed by atoms with Crippen molar-refractivity contribution >= 4 is 43.5 Å². The first-order chi connectivity index (χ1) is 9.43. The average molecular weight is 408 g/mol. The number of anilines is 1. The van der Waals surface area contributed by atoms with E-state index in [0.717, 1.165) is 22.0 Å². The van der Waals surface area contributed by atoms with Gasteiger partial charge in [-0.2, -0.15) is 0 Å². The Morgan fingerprint density at radius 1 is 1.40 bits per heavy atom. The molecule has 0 radical (unpaired) electrons. The summed E-state index contributed by atoms with van der Waals surface area (Å²) < 4.78 is 12.4. The standard InChI is InChI=1S/C13H16Br2N2O3/c1-13(6-16-7-13)20-5-12(18)17-10-4-11(19-2)9(15)3-8(10)14/h3-4,16H,5-7H2,1-2H3,(H,17,18). The smallest absolute Gasteiger partial charge is 0.250 e. The zero-order valence-electron chi connectivity index (χ0n) is 11.3. The molecule has 0 spiro atoms. The summed E-state index contributed by atoms with van der Waals surface area (Å²) in [5, 5.41) is 5.92. The summed E-state index contributed by atoms with van der Waals surface area (Å²) >= 11 is 6.79. The van der Waals surface area contributed by atoms with Crippen molar-refractivity contribution in [3.8, 4) is 5.75 Å². The Kier molecular flexibility index (Phi) is 5.06. The fraction of sp³-hybridized carbons (Fsp3) is 0.462. The molecule has 0 aliphatic carbocycles. The number of hydrogen-bond donors (Lipinski definition) is 2. The van der Waals surface area contributed by atoms with E-state index in [9.17, 15) is 4.79 Å². The Balaban J connectivity index is 1.96. The van der Waals surface area contributed by atoms with Gasteiger partial charge in [-0.15, -0.1) is 0 Å². The SMILES string of the molecule is COc1cc(NC(=O)COC2(C)CNC2)c(Br)cc1Br. The van der Waals surface area contributed by atoms with Crippen molar-refractivity contribution in [2.45, 2.75) is 12.5 Å². The quantitative estimate of drug-likeness (QED) is 0.787. The van der Waals surface area contributed by atoms with Gasteiger partial charge in [0, 0.05) is 23.6 Å². The van der Waals surface area contributed by atoms with Gasteiger partial charge >= 0.3 is 0 Å². The number of carbonyl (C=O) groups excluding carboxylic acids is 1. The number of hydrogen-bond acceptors (Lipinski definition) is 4. The summed E-state index contributed by atoms with van der Waals surface area (Å²) in [6, 6.07) is 3.57. The molecule has 20 heavy (non-hydrogen) atoms. The van der Waals surface area contributed by atoms with Crippen LogP contribution in [0.25, 0.3) is 0 Å². The summed E-state index contributed by atoms with van der Waals surface area (Å²) in [4.78, 5) is 11.9. The first-order valence-corrected chi connectivity index (χ1v) is 7.70. The van der Waals surface area contributed by atoms with Gasteiger partial charge in [0.1, 0.15) is 12.4 Å². The van der Waals surface area contributed by atoms with Crippen LogP contribution in [0.1, 0.15) is 6.92 Å². The van der Waals surface area contributed by atoms with Crippen molar-refractivity contribution in [1.82, 2.24) is 5.32 Å². The highest BCUT2D eigenvalue weighted by atomic mass is 79.9. The number of benzene rings is 1. The van der Waals surface area contributed by atoms with Crippen LogP contribution in [0.2, 0.25) is 0 Å². The zero-order valence-corrected chi connectivity index (χ0v) is 14.4. The zero-order chi connectivity index (χ0) is 14.8. The molecule has 1 heterocycles. The van der Waals surface area contributed by atoms with Gasteiger partial charge in [-0.3, -0.25) is 4.79 Å². The largest absolute Gasteiger partial charge is 0.495 e. The van der Waals surface area contributed by atoms with Gasteiger partial charge in [0.25, 0.3) is 0 Å². The van der Waals surface area contributed by atoms with E-state index in [0.29, 0.717) is 11.4 Å². The van der Waals surface area contributed by atoms with Gasteiger partial charge in [0.2, 0.25) is 5.91 Å². The summed E-state index contributed by atoms with van der Waals surface area (Å²) in [5.41, 5.74) is 0.418. The van der Waals surface area contributed by atoms with E-state index < -0.39 is 0 Å². The summed E-state index contributed by atoms with van der Waals surface area (Å²) in [6.45, 7) is 3.56. The molecule has 2 N–H and O–H groups in total. The number of ether oxygens (including phenoxy) is 2. The molecule has 7 heteroatoms. The Morgan fingerprint density at radius 3 is 2.65 bits per heavy atom. The minimum Gasteiger partial charge on any atom is -0.495 e. The van der Waals surface area contributed by atoms with Crippen molar-refractivity contribution in [2.75, 3.05) is 32.1 Å². The van der Waals surface area contributed by atoms with Gasteiger partial charge < -0.3 is 20.1 Å². The van der Waals surface area contributed by atoms with Gasteiger partial charge in [0.05, 0.1) is 22.9 Å². The second kappa shape index (κ2) is 6.43. The maximum atomic E-state index is 11.9. The molecule has 0 aromatic heterocycles. The molecule has 1 aromatic carbocycles. The van der Waals surface area contributed by atoms with Crippen molar-refractivity contribution in [2.24, 2.45) is 0 Å². The second-order valence-electron chi connectivity index (χ2n) is 4.86. The Bertz CT molecular complexity index is 519. The topological polar surface area (TPSA) is 59.6 Å². The number of carbonyl (C=O) groups is 1. The second-order valence-corrected chi connectivity index (χ2v) is 6.57. The molecule has 0 saturated carbocycles. The van der Waals surface area contributed by atoms with Crippen LogP contribution in [-0.2, 0) is 9.53 Å². The normalized spacial score (nSPS) is 16.4. The highest BCUT2D eigenvalue weighted by Gasteiger charge is 2.33. The van der Waals surface area contributed by atoms with E-state index in [-0.39, 0.29) is 18.1 Å². The van der Waals surface area contributed by atoms with Gasteiger partial charge in [0.15, 0.2) is 0 Å². The number of methoxy groups -OCH3 is 1. The van der Waals surface area contributed by atoms with E-state index in [1.54, 1.807) is 13.2 Å². The first kappa shape index (κ1) is 15.8. The third kappa shape index (κ3) is 3.72. The predicted octanol–water partition coefficient (Wildman–Crippen LogP) is 2.54. The lowest BCUT2D eigenvalue weighted by atomic mass is 10.0. The molecule has 1 fully saturated rings.